The third kappa shape index (κ3) is 2.64. The van der Waals surface area contributed by atoms with E-state index >= 15 is 0 Å². The topological polar surface area (TPSA) is 38.9 Å². The lowest BCUT2D eigenvalue weighted by Crippen LogP contribution is -2.12. The van der Waals surface area contributed by atoms with Gasteiger partial charge in [0, 0.05) is 10.8 Å². The van der Waals surface area contributed by atoms with Crippen molar-refractivity contribution in [3.8, 4) is 0 Å². The highest BCUT2D eigenvalue weighted by Crippen LogP contribution is 2.43. The van der Waals surface area contributed by atoms with Gasteiger partial charge in [-0.2, -0.15) is 13.2 Å². The minimum absolute atomic E-state index is 0.0224. The van der Waals surface area contributed by atoms with Gasteiger partial charge in [-0.1, -0.05) is 6.07 Å². The number of nitrogen functional groups attached to an aromatic ring is 1. The van der Waals surface area contributed by atoms with E-state index in [0.717, 1.165) is 47.0 Å². The predicted octanol–water partition coefficient (Wildman–Crippen LogP) is 4.52. The van der Waals surface area contributed by atoms with Gasteiger partial charge in [-0.25, -0.2) is 4.98 Å². The monoisotopic (exact) mass is 312 g/mol. The summed E-state index contributed by atoms with van der Waals surface area (Å²) in [7, 11) is 0. The summed E-state index contributed by atoms with van der Waals surface area (Å²) in [5.74, 6) is -0.0224. The fourth-order valence-corrected chi connectivity index (χ4v) is 3.96. The van der Waals surface area contributed by atoms with Gasteiger partial charge in [0.1, 0.15) is 0 Å². The zero-order valence-corrected chi connectivity index (χ0v) is 12.3. The molecule has 6 heteroatoms. The van der Waals surface area contributed by atoms with Crippen LogP contribution in [0, 0.1) is 6.92 Å². The van der Waals surface area contributed by atoms with E-state index in [1.807, 2.05) is 6.92 Å². The van der Waals surface area contributed by atoms with Crippen LogP contribution in [0.4, 0.5) is 18.3 Å². The van der Waals surface area contributed by atoms with Crippen molar-refractivity contribution in [2.45, 2.75) is 38.3 Å². The first-order valence-corrected chi connectivity index (χ1v) is 7.60. The Hall–Kier alpha value is -1.56. The molecule has 0 aliphatic heterocycles. The summed E-state index contributed by atoms with van der Waals surface area (Å²) < 4.78 is 38.8. The van der Waals surface area contributed by atoms with Crippen LogP contribution >= 0.6 is 11.3 Å². The van der Waals surface area contributed by atoms with Gasteiger partial charge in [0.25, 0.3) is 0 Å². The van der Waals surface area contributed by atoms with Gasteiger partial charge in [-0.3, -0.25) is 0 Å². The Morgan fingerprint density at radius 1 is 1.33 bits per heavy atom. The summed E-state index contributed by atoms with van der Waals surface area (Å²) in [6.45, 7) is 1.86. The number of nitrogens with zero attached hydrogens (tertiary/aromatic N) is 1. The minimum atomic E-state index is -4.31. The van der Waals surface area contributed by atoms with E-state index in [0.29, 0.717) is 5.13 Å². The minimum Gasteiger partial charge on any atom is -0.375 e. The number of halogens is 3. The zero-order valence-electron chi connectivity index (χ0n) is 11.5. The van der Waals surface area contributed by atoms with E-state index in [4.69, 9.17) is 5.73 Å². The molecular formula is C15H15F3N2S. The van der Waals surface area contributed by atoms with E-state index in [9.17, 15) is 13.2 Å². The van der Waals surface area contributed by atoms with Gasteiger partial charge in [0.15, 0.2) is 5.13 Å². The molecule has 3 rings (SSSR count). The number of nitrogens with two attached hydrogens (primary N) is 1. The number of thiazole rings is 1. The highest BCUT2D eigenvalue weighted by Gasteiger charge is 2.33. The highest BCUT2D eigenvalue weighted by molar-refractivity contribution is 7.15. The molecule has 1 aliphatic rings. The first-order chi connectivity index (χ1) is 9.86. The Bertz CT molecular complexity index is 676. The number of aryl methyl sites for hydroxylation is 2. The normalized spacial score (nSPS) is 18.6. The lowest BCUT2D eigenvalue weighted by atomic mass is 9.83. The van der Waals surface area contributed by atoms with Crippen molar-refractivity contribution in [3.05, 3.63) is 45.5 Å². The Labute approximate surface area is 124 Å². The molecule has 0 radical (unpaired) electrons. The molecule has 0 saturated carbocycles. The van der Waals surface area contributed by atoms with Crippen molar-refractivity contribution in [1.29, 1.82) is 0 Å². The lowest BCUT2D eigenvalue weighted by Gasteiger charge is -2.24. The molecule has 2 N–H and O–H groups in total. The molecule has 2 nitrogen and oxygen atoms in total. The van der Waals surface area contributed by atoms with Gasteiger partial charge < -0.3 is 5.73 Å². The third-order valence-corrected chi connectivity index (χ3v) is 4.99. The first-order valence-electron chi connectivity index (χ1n) is 6.79. The number of anilines is 1. The second-order valence-electron chi connectivity index (χ2n) is 5.38. The van der Waals surface area contributed by atoms with Gasteiger partial charge in [0.05, 0.1) is 11.3 Å². The van der Waals surface area contributed by atoms with Crippen molar-refractivity contribution in [2.75, 3.05) is 5.73 Å². The second kappa shape index (κ2) is 5.02. The molecule has 1 aliphatic carbocycles. The van der Waals surface area contributed by atoms with Crippen molar-refractivity contribution in [1.82, 2.24) is 4.98 Å². The van der Waals surface area contributed by atoms with Crippen LogP contribution in [0.25, 0.3) is 0 Å². The molecule has 0 spiro atoms. The maximum absolute atomic E-state index is 12.9. The number of fused-ring (bicyclic) bond motifs is 1. The molecule has 1 aromatic carbocycles. The molecular weight excluding hydrogens is 297 g/mol. The average Bonchev–Trinajstić information content (AvgIpc) is 2.78. The lowest BCUT2D eigenvalue weighted by molar-refractivity contribution is -0.137. The summed E-state index contributed by atoms with van der Waals surface area (Å²) in [6, 6.07) is 3.98. The Balaban J connectivity index is 2.09. The van der Waals surface area contributed by atoms with Crippen molar-refractivity contribution >= 4 is 16.5 Å². The maximum atomic E-state index is 12.9. The zero-order chi connectivity index (χ0) is 15.2. The van der Waals surface area contributed by atoms with Crippen LogP contribution < -0.4 is 5.73 Å². The van der Waals surface area contributed by atoms with E-state index in [1.54, 1.807) is 6.07 Å². The molecule has 0 saturated heterocycles. The molecule has 112 valence electrons. The SMILES string of the molecule is Cc1ccc(C(F)(F)F)cc1C1CCCc2nc(N)sc21. The summed E-state index contributed by atoms with van der Waals surface area (Å²) in [6.07, 6.45) is -1.68. The fraction of sp³-hybridized carbons (Fsp3) is 0.400. The molecule has 1 atom stereocenters. The number of hydrogen-bond donors (Lipinski definition) is 1. The Morgan fingerprint density at radius 3 is 2.81 bits per heavy atom. The standard InChI is InChI=1S/C15H15F3N2S/c1-8-5-6-9(15(16,17)18)7-11(8)10-3-2-4-12-13(10)21-14(19)20-12/h5-7,10H,2-4H2,1H3,(H2,19,20). The number of rotatable bonds is 1. The van der Waals surface area contributed by atoms with Gasteiger partial charge in [0.2, 0.25) is 0 Å². The Kier molecular flexibility index (Phi) is 3.43. The molecule has 1 aromatic heterocycles. The molecule has 0 bridgehead atoms. The van der Waals surface area contributed by atoms with Gasteiger partial charge in [-0.05, 0) is 49.4 Å². The molecule has 0 fully saturated rings. The number of benzene rings is 1. The highest BCUT2D eigenvalue weighted by atomic mass is 32.1. The van der Waals surface area contributed by atoms with E-state index < -0.39 is 11.7 Å². The Morgan fingerprint density at radius 2 is 2.10 bits per heavy atom. The van der Waals surface area contributed by atoms with E-state index in [1.165, 1.54) is 17.4 Å². The van der Waals surface area contributed by atoms with Crippen LogP contribution in [0.5, 0.6) is 0 Å². The van der Waals surface area contributed by atoms with Crippen LogP contribution in [0.15, 0.2) is 18.2 Å². The number of hydrogen-bond acceptors (Lipinski definition) is 3. The maximum Gasteiger partial charge on any atom is 0.416 e. The number of alkyl halides is 3. The molecule has 21 heavy (non-hydrogen) atoms. The summed E-state index contributed by atoms with van der Waals surface area (Å²) in [5, 5.41) is 0.497. The largest absolute Gasteiger partial charge is 0.416 e. The van der Waals surface area contributed by atoms with Crippen LogP contribution in [-0.4, -0.2) is 4.98 Å². The summed E-state index contributed by atoms with van der Waals surface area (Å²) >= 11 is 1.40. The second-order valence-corrected chi connectivity index (χ2v) is 6.44. The summed E-state index contributed by atoms with van der Waals surface area (Å²) in [4.78, 5) is 5.33. The quantitative estimate of drug-likeness (QED) is 0.841. The number of aromatic nitrogens is 1. The van der Waals surface area contributed by atoms with Crippen molar-refractivity contribution < 1.29 is 13.2 Å². The van der Waals surface area contributed by atoms with Crippen LogP contribution in [0.3, 0.4) is 0 Å². The van der Waals surface area contributed by atoms with Crippen LogP contribution in [0.2, 0.25) is 0 Å². The average molecular weight is 312 g/mol. The molecule has 1 unspecified atom stereocenters. The van der Waals surface area contributed by atoms with E-state index in [-0.39, 0.29) is 5.92 Å². The van der Waals surface area contributed by atoms with Crippen LogP contribution in [-0.2, 0) is 12.6 Å². The smallest absolute Gasteiger partial charge is 0.375 e. The first kappa shape index (κ1) is 14.4. The molecule has 1 heterocycles. The molecule has 0 amide bonds. The van der Waals surface area contributed by atoms with Gasteiger partial charge in [-0.15, -0.1) is 11.3 Å². The fourth-order valence-electron chi connectivity index (χ4n) is 2.93. The van der Waals surface area contributed by atoms with Gasteiger partial charge >= 0.3 is 6.18 Å². The van der Waals surface area contributed by atoms with Crippen molar-refractivity contribution in [3.63, 3.8) is 0 Å². The van der Waals surface area contributed by atoms with Crippen LogP contribution in [0.1, 0.15) is 46.0 Å². The molecule has 2 aromatic rings. The predicted molar refractivity (Wildman–Crippen MR) is 77.5 cm³/mol. The van der Waals surface area contributed by atoms with Crippen molar-refractivity contribution in [2.24, 2.45) is 0 Å². The summed E-state index contributed by atoms with van der Waals surface area (Å²) in [5.41, 5.74) is 7.75. The third-order valence-electron chi connectivity index (χ3n) is 3.95. The van der Waals surface area contributed by atoms with E-state index in [2.05, 4.69) is 4.98 Å².